The zero-order valence-corrected chi connectivity index (χ0v) is 15.3. The molecule has 3 heteroatoms. The SMILES string of the molecule is CC1CC(O[Si](C)(C)C(C)(C)C)=C([SiH3])C1C. The standard InChI is InChI=1S/C13H28OSi2/c1-9-8-11(12(15)10(9)2)14-16(6,7)13(3,4)5/h9-10H,8H2,1-7,15H3. The molecule has 0 aromatic carbocycles. The summed E-state index contributed by atoms with van der Waals surface area (Å²) in [7, 11) is -0.441. The first kappa shape index (κ1) is 14.0. The summed E-state index contributed by atoms with van der Waals surface area (Å²) in [6.07, 6.45) is 1.17. The van der Waals surface area contributed by atoms with Gasteiger partial charge in [0.15, 0.2) is 0 Å². The van der Waals surface area contributed by atoms with Gasteiger partial charge in [0.05, 0.1) is 5.76 Å². The molecular formula is C13H28OSi2. The van der Waals surface area contributed by atoms with Crippen LogP contribution < -0.4 is 0 Å². The third-order valence-corrected chi connectivity index (χ3v) is 10.5. The lowest BCUT2D eigenvalue weighted by Crippen LogP contribution is -2.40. The largest absolute Gasteiger partial charge is 0.547 e. The maximum atomic E-state index is 6.47. The Morgan fingerprint density at radius 2 is 1.75 bits per heavy atom. The molecule has 1 nitrogen and oxygen atoms in total. The maximum absolute atomic E-state index is 6.47. The highest BCUT2D eigenvalue weighted by Gasteiger charge is 2.41. The van der Waals surface area contributed by atoms with E-state index in [2.05, 4.69) is 47.7 Å². The molecular weight excluding hydrogens is 228 g/mol. The fourth-order valence-electron chi connectivity index (χ4n) is 1.89. The third kappa shape index (κ3) is 2.62. The third-order valence-electron chi connectivity index (χ3n) is 4.67. The fraction of sp³-hybridized carbons (Fsp3) is 0.846. The van der Waals surface area contributed by atoms with E-state index in [9.17, 15) is 0 Å². The Labute approximate surface area is 105 Å². The van der Waals surface area contributed by atoms with Crippen LogP contribution in [0.15, 0.2) is 11.0 Å². The van der Waals surface area contributed by atoms with Gasteiger partial charge >= 0.3 is 0 Å². The molecule has 0 fully saturated rings. The summed E-state index contributed by atoms with van der Waals surface area (Å²) in [6.45, 7) is 16.3. The van der Waals surface area contributed by atoms with E-state index >= 15 is 0 Å². The highest BCUT2D eigenvalue weighted by Crippen LogP contribution is 2.42. The van der Waals surface area contributed by atoms with Gasteiger partial charge in [-0.15, -0.1) is 0 Å². The Morgan fingerprint density at radius 3 is 2.06 bits per heavy atom. The Balaban J connectivity index is 2.84. The minimum Gasteiger partial charge on any atom is -0.547 e. The van der Waals surface area contributed by atoms with Crippen LogP contribution in [0.5, 0.6) is 0 Å². The molecule has 0 radical (unpaired) electrons. The highest BCUT2D eigenvalue weighted by molar-refractivity contribution is 6.74. The zero-order valence-electron chi connectivity index (χ0n) is 12.3. The van der Waals surface area contributed by atoms with Gasteiger partial charge in [-0.1, -0.05) is 39.8 Å². The van der Waals surface area contributed by atoms with Crippen molar-refractivity contribution < 1.29 is 4.43 Å². The molecule has 0 bridgehead atoms. The average Bonchev–Trinajstić information content (AvgIpc) is 2.31. The lowest BCUT2D eigenvalue weighted by molar-refractivity contribution is 0.357. The van der Waals surface area contributed by atoms with E-state index < -0.39 is 8.32 Å². The maximum Gasteiger partial charge on any atom is 0.250 e. The molecule has 0 heterocycles. The topological polar surface area (TPSA) is 9.23 Å². The van der Waals surface area contributed by atoms with Gasteiger partial charge < -0.3 is 4.43 Å². The van der Waals surface area contributed by atoms with E-state index in [0.29, 0.717) is 5.04 Å². The summed E-state index contributed by atoms with van der Waals surface area (Å²) in [4.78, 5) is 0. The van der Waals surface area contributed by atoms with Crippen molar-refractivity contribution in [3.8, 4) is 0 Å². The van der Waals surface area contributed by atoms with E-state index in [1.807, 2.05) is 0 Å². The molecule has 0 saturated carbocycles. The number of allylic oxidation sites excluding steroid dienone is 2. The summed E-state index contributed by atoms with van der Waals surface area (Å²) in [5.41, 5.74) is 0. The molecule has 2 atom stereocenters. The van der Waals surface area contributed by atoms with Crippen LogP contribution in [0.2, 0.25) is 18.1 Å². The minimum absolute atomic E-state index is 0.316. The van der Waals surface area contributed by atoms with Gasteiger partial charge in [-0.25, -0.2) is 0 Å². The lowest BCUT2D eigenvalue weighted by Gasteiger charge is -2.37. The van der Waals surface area contributed by atoms with Crippen molar-refractivity contribution in [1.29, 1.82) is 0 Å². The second kappa shape index (κ2) is 4.33. The van der Waals surface area contributed by atoms with Gasteiger partial charge in [-0.05, 0) is 30.0 Å². The number of rotatable bonds is 2. The van der Waals surface area contributed by atoms with Crippen molar-refractivity contribution in [2.75, 3.05) is 0 Å². The number of hydrogen-bond acceptors (Lipinski definition) is 1. The molecule has 94 valence electrons. The Morgan fingerprint density at radius 1 is 1.25 bits per heavy atom. The van der Waals surface area contributed by atoms with Crippen LogP contribution in [-0.2, 0) is 4.43 Å². The molecule has 0 amide bonds. The van der Waals surface area contributed by atoms with Crippen molar-refractivity contribution in [3.05, 3.63) is 11.0 Å². The molecule has 2 unspecified atom stereocenters. The summed E-state index contributed by atoms with van der Waals surface area (Å²) in [6, 6.07) is 0. The summed E-state index contributed by atoms with van der Waals surface area (Å²) >= 11 is 0. The smallest absolute Gasteiger partial charge is 0.250 e. The van der Waals surface area contributed by atoms with Crippen molar-refractivity contribution in [2.45, 2.75) is 59.2 Å². The second-order valence-corrected chi connectivity index (χ2v) is 12.7. The molecule has 16 heavy (non-hydrogen) atoms. The van der Waals surface area contributed by atoms with Gasteiger partial charge in [0, 0.05) is 16.7 Å². The Kier molecular flexibility index (Phi) is 3.80. The summed E-state index contributed by atoms with van der Waals surface area (Å²) in [5, 5.41) is 1.94. The molecule has 0 aliphatic heterocycles. The molecule has 0 aromatic heterocycles. The van der Waals surface area contributed by atoms with Gasteiger partial charge in [0.25, 0.3) is 0 Å². The molecule has 0 N–H and O–H groups in total. The number of hydrogen-bond donors (Lipinski definition) is 0. The monoisotopic (exact) mass is 256 g/mol. The van der Waals surface area contributed by atoms with E-state index in [4.69, 9.17) is 4.43 Å². The van der Waals surface area contributed by atoms with Crippen molar-refractivity contribution in [1.82, 2.24) is 0 Å². The Hall–Kier alpha value is -0.0262. The van der Waals surface area contributed by atoms with Crippen LogP contribution in [0.4, 0.5) is 0 Å². The van der Waals surface area contributed by atoms with Gasteiger partial charge in [0.2, 0.25) is 8.32 Å². The van der Waals surface area contributed by atoms with Crippen molar-refractivity contribution >= 4 is 18.6 Å². The van der Waals surface area contributed by atoms with Crippen LogP contribution in [0.3, 0.4) is 0 Å². The molecule has 0 aromatic rings. The predicted octanol–water partition coefficient (Wildman–Crippen LogP) is 3.26. The molecule has 1 aliphatic rings. The normalized spacial score (nSPS) is 27.7. The van der Waals surface area contributed by atoms with Crippen LogP contribution in [0.1, 0.15) is 41.0 Å². The fourth-order valence-corrected chi connectivity index (χ4v) is 4.14. The first-order chi connectivity index (χ1) is 7.06. The Bertz CT molecular complexity index is 300. The molecule has 0 spiro atoms. The van der Waals surface area contributed by atoms with Crippen molar-refractivity contribution in [2.24, 2.45) is 11.8 Å². The van der Waals surface area contributed by atoms with E-state index in [0.717, 1.165) is 11.8 Å². The van der Waals surface area contributed by atoms with Crippen LogP contribution >= 0.6 is 0 Å². The average molecular weight is 257 g/mol. The predicted molar refractivity (Wildman–Crippen MR) is 78.2 cm³/mol. The quantitative estimate of drug-likeness (QED) is 0.689. The minimum atomic E-state index is -1.61. The molecule has 1 rings (SSSR count). The summed E-state index contributed by atoms with van der Waals surface area (Å²) < 4.78 is 6.47. The lowest BCUT2D eigenvalue weighted by atomic mass is 10.0. The van der Waals surface area contributed by atoms with Gasteiger partial charge in [0.1, 0.15) is 0 Å². The second-order valence-electron chi connectivity index (χ2n) is 6.94. The van der Waals surface area contributed by atoms with Crippen molar-refractivity contribution in [3.63, 3.8) is 0 Å². The van der Waals surface area contributed by atoms with E-state index in [1.54, 1.807) is 5.20 Å². The highest BCUT2D eigenvalue weighted by atomic mass is 28.4. The molecule has 0 saturated heterocycles. The van der Waals surface area contributed by atoms with Gasteiger partial charge in [-0.2, -0.15) is 0 Å². The first-order valence-corrected chi connectivity index (χ1v) is 10.4. The zero-order chi connectivity index (χ0) is 12.7. The van der Waals surface area contributed by atoms with Gasteiger partial charge in [-0.3, -0.25) is 0 Å². The molecule has 1 aliphatic carbocycles. The first-order valence-electron chi connectivity index (χ1n) is 6.45. The van der Waals surface area contributed by atoms with E-state index in [-0.39, 0.29) is 0 Å². The van der Waals surface area contributed by atoms with Crippen LogP contribution in [0, 0.1) is 11.8 Å². The van der Waals surface area contributed by atoms with Crippen LogP contribution in [-0.4, -0.2) is 18.6 Å². The van der Waals surface area contributed by atoms with E-state index in [1.165, 1.54) is 22.4 Å². The summed E-state index contributed by atoms with van der Waals surface area (Å²) in [5.74, 6) is 2.90. The van der Waals surface area contributed by atoms with Crippen LogP contribution in [0.25, 0.3) is 0 Å².